The highest BCUT2D eigenvalue weighted by Crippen LogP contribution is 2.10. The minimum absolute atomic E-state index is 0.0336. The Labute approximate surface area is 106 Å². The Morgan fingerprint density at radius 2 is 1.83 bits per heavy atom. The van der Waals surface area contributed by atoms with Gasteiger partial charge in [-0.25, -0.2) is 0 Å². The van der Waals surface area contributed by atoms with Crippen LogP contribution in [0.2, 0.25) is 0 Å². The molecule has 1 aromatic carbocycles. The van der Waals surface area contributed by atoms with E-state index in [1.807, 2.05) is 36.4 Å². The maximum atomic E-state index is 11.4. The van der Waals surface area contributed by atoms with E-state index in [1.165, 1.54) is 6.08 Å². The monoisotopic (exact) mass is 234 g/mol. The predicted molar refractivity (Wildman–Crippen MR) is 68.9 cm³/mol. The molecule has 1 aromatic rings. The highest BCUT2D eigenvalue weighted by Gasteiger charge is 2.09. The summed E-state index contributed by atoms with van der Waals surface area (Å²) >= 11 is 0. The summed E-state index contributed by atoms with van der Waals surface area (Å²) in [5, 5.41) is 17.8. The molecule has 0 atom stereocenters. The summed E-state index contributed by atoms with van der Waals surface area (Å²) in [7, 11) is 0. The summed E-state index contributed by atoms with van der Waals surface area (Å²) < 4.78 is 0. The van der Waals surface area contributed by atoms with Crippen LogP contribution < -0.4 is 0 Å². The molecule has 0 bridgehead atoms. The molecule has 0 unspecified atom stereocenters. The number of ketones is 1. The largest absolute Gasteiger partial charge is 0.288 e. The van der Waals surface area contributed by atoms with Gasteiger partial charge in [0.05, 0.1) is 5.57 Å². The fourth-order valence-electron chi connectivity index (χ4n) is 1.27. The van der Waals surface area contributed by atoms with Crippen LogP contribution in [0.3, 0.4) is 0 Å². The Morgan fingerprint density at radius 1 is 1.17 bits per heavy atom. The van der Waals surface area contributed by atoms with E-state index in [9.17, 15) is 4.79 Å². The Morgan fingerprint density at radius 3 is 2.33 bits per heavy atom. The molecule has 0 spiro atoms. The van der Waals surface area contributed by atoms with E-state index in [1.54, 1.807) is 12.1 Å². The Kier molecular flexibility index (Phi) is 4.84. The second-order valence-corrected chi connectivity index (χ2v) is 3.32. The molecule has 0 aromatic heterocycles. The van der Waals surface area contributed by atoms with Gasteiger partial charge in [-0.2, -0.15) is 10.5 Å². The van der Waals surface area contributed by atoms with Gasteiger partial charge < -0.3 is 0 Å². The second kappa shape index (κ2) is 6.62. The van der Waals surface area contributed by atoms with Gasteiger partial charge in [0.25, 0.3) is 0 Å². The zero-order chi connectivity index (χ0) is 13.4. The minimum atomic E-state index is -0.549. The van der Waals surface area contributed by atoms with Crippen molar-refractivity contribution < 1.29 is 4.79 Å². The lowest BCUT2D eigenvalue weighted by atomic mass is 10.0. The Hall–Kier alpha value is -2.91. The van der Waals surface area contributed by atoms with Crippen molar-refractivity contribution in [2.45, 2.75) is 0 Å². The third-order valence-corrected chi connectivity index (χ3v) is 2.18. The number of rotatable bonds is 4. The van der Waals surface area contributed by atoms with Crippen LogP contribution in [0, 0.1) is 22.7 Å². The fraction of sp³-hybridized carbons (Fsp3) is 0. The van der Waals surface area contributed by atoms with Crippen molar-refractivity contribution in [2.24, 2.45) is 0 Å². The normalized spacial score (nSPS) is 11.2. The number of hydrogen-bond acceptors (Lipinski definition) is 3. The van der Waals surface area contributed by atoms with Gasteiger partial charge in [-0.05, 0) is 17.7 Å². The van der Waals surface area contributed by atoms with E-state index in [0.29, 0.717) is 0 Å². The molecular weight excluding hydrogens is 224 g/mol. The van der Waals surface area contributed by atoms with Crippen LogP contribution in [0.15, 0.2) is 60.2 Å². The van der Waals surface area contributed by atoms with Crippen molar-refractivity contribution in [1.82, 2.24) is 0 Å². The van der Waals surface area contributed by atoms with Crippen LogP contribution in [0.1, 0.15) is 5.56 Å². The van der Waals surface area contributed by atoms with E-state index < -0.39 is 5.78 Å². The predicted octanol–water partition coefficient (Wildman–Crippen LogP) is 2.80. The van der Waals surface area contributed by atoms with Crippen molar-refractivity contribution >= 4 is 11.9 Å². The molecule has 1 rings (SSSR count). The van der Waals surface area contributed by atoms with Crippen LogP contribution in [-0.2, 0) is 4.79 Å². The summed E-state index contributed by atoms with van der Waals surface area (Å²) in [6.07, 6.45) is 4.15. The van der Waals surface area contributed by atoms with E-state index in [2.05, 4.69) is 6.58 Å². The Balaban J connectivity index is 3.13. The SMILES string of the molecule is C=CC(=O)/C(C#N)=C(/C#N)C=Cc1ccccc1. The van der Waals surface area contributed by atoms with Gasteiger partial charge >= 0.3 is 0 Å². The van der Waals surface area contributed by atoms with Crippen molar-refractivity contribution in [1.29, 1.82) is 10.5 Å². The van der Waals surface area contributed by atoms with E-state index in [-0.39, 0.29) is 11.1 Å². The first-order valence-electron chi connectivity index (χ1n) is 5.17. The summed E-state index contributed by atoms with van der Waals surface area (Å²) in [6, 6.07) is 12.9. The van der Waals surface area contributed by atoms with Crippen molar-refractivity contribution in [3.63, 3.8) is 0 Å². The fourth-order valence-corrected chi connectivity index (χ4v) is 1.27. The van der Waals surface area contributed by atoms with Gasteiger partial charge in [-0.3, -0.25) is 4.79 Å². The van der Waals surface area contributed by atoms with Gasteiger partial charge in [0.2, 0.25) is 0 Å². The molecule has 0 aliphatic rings. The molecule has 0 fully saturated rings. The maximum Gasteiger partial charge on any atom is 0.197 e. The summed E-state index contributed by atoms with van der Waals surface area (Å²) in [5.41, 5.74) is 0.722. The van der Waals surface area contributed by atoms with E-state index >= 15 is 0 Å². The maximum absolute atomic E-state index is 11.4. The second-order valence-electron chi connectivity index (χ2n) is 3.32. The highest BCUT2D eigenvalue weighted by molar-refractivity contribution is 6.08. The van der Waals surface area contributed by atoms with Crippen molar-refractivity contribution in [3.05, 3.63) is 65.8 Å². The van der Waals surface area contributed by atoms with E-state index in [0.717, 1.165) is 11.6 Å². The molecule has 3 nitrogen and oxygen atoms in total. The summed E-state index contributed by atoms with van der Waals surface area (Å²) in [5.74, 6) is -0.549. The number of allylic oxidation sites excluding steroid dienone is 4. The zero-order valence-electron chi connectivity index (χ0n) is 9.63. The molecule has 18 heavy (non-hydrogen) atoms. The van der Waals surface area contributed by atoms with Crippen molar-refractivity contribution in [3.8, 4) is 12.1 Å². The van der Waals surface area contributed by atoms with Crippen LogP contribution >= 0.6 is 0 Å². The molecule has 0 saturated carbocycles. The first-order chi connectivity index (χ1) is 8.72. The quantitative estimate of drug-likeness (QED) is 0.457. The first kappa shape index (κ1) is 13.2. The number of hydrogen-bond donors (Lipinski definition) is 0. The summed E-state index contributed by atoms with van der Waals surface area (Å²) in [4.78, 5) is 11.4. The average Bonchev–Trinajstić information content (AvgIpc) is 2.43. The molecule has 0 saturated heterocycles. The van der Waals surface area contributed by atoms with Crippen molar-refractivity contribution in [2.75, 3.05) is 0 Å². The smallest absolute Gasteiger partial charge is 0.197 e. The molecule has 0 heterocycles. The lowest BCUT2D eigenvalue weighted by Crippen LogP contribution is -1.98. The van der Waals surface area contributed by atoms with Crippen LogP contribution in [-0.4, -0.2) is 5.78 Å². The van der Waals surface area contributed by atoms with Crippen LogP contribution in [0.4, 0.5) is 0 Å². The molecule has 3 heteroatoms. The topological polar surface area (TPSA) is 64.7 Å². The molecule has 0 aliphatic heterocycles. The standard InChI is InChI=1S/C15H10N2O/c1-2-15(18)14(11-17)13(10-16)9-8-12-6-4-3-5-7-12/h2-9H,1H2/b9-8?,14-13+. The zero-order valence-corrected chi connectivity index (χ0v) is 9.63. The molecule has 0 N–H and O–H groups in total. The number of nitrogens with zero attached hydrogens (tertiary/aromatic N) is 2. The number of benzene rings is 1. The molecular formula is C15H10N2O. The van der Waals surface area contributed by atoms with Gasteiger partial charge in [0, 0.05) is 0 Å². The summed E-state index contributed by atoms with van der Waals surface area (Å²) in [6.45, 7) is 3.30. The third-order valence-electron chi connectivity index (χ3n) is 2.18. The van der Waals surface area contributed by atoms with E-state index in [4.69, 9.17) is 10.5 Å². The molecule has 0 aliphatic carbocycles. The van der Waals surface area contributed by atoms with Gasteiger partial charge in [-0.15, -0.1) is 0 Å². The van der Waals surface area contributed by atoms with Crippen LogP contribution in [0.5, 0.6) is 0 Å². The Bertz CT molecular complexity index is 596. The third kappa shape index (κ3) is 3.30. The molecule has 0 radical (unpaired) electrons. The molecule has 86 valence electrons. The minimum Gasteiger partial charge on any atom is -0.288 e. The number of carbonyl (C=O) groups is 1. The average molecular weight is 234 g/mol. The van der Waals surface area contributed by atoms with Gasteiger partial charge in [0.1, 0.15) is 17.7 Å². The highest BCUT2D eigenvalue weighted by atomic mass is 16.1. The van der Waals surface area contributed by atoms with Gasteiger partial charge in [-0.1, -0.05) is 43.0 Å². The lowest BCUT2D eigenvalue weighted by molar-refractivity contribution is -0.111. The number of nitriles is 2. The first-order valence-corrected chi connectivity index (χ1v) is 5.17. The van der Waals surface area contributed by atoms with Crippen LogP contribution in [0.25, 0.3) is 6.08 Å². The van der Waals surface area contributed by atoms with Gasteiger partial charge in [0.15, 0.2) is 5.78 Å². The number of carbonyl (C=O) groups excluding carboxylic acids is 1. The molecule has 0 amide bonds. The lowest BCUT2D eigenvalue weighted by Gasteiger charge is -1.94.